The first-order chi connectivity index (χ1) is 12.7. The zero-order valence-electron chi connectivity index (χ0n) is 15.8. The molecule has 8 heteroatoms. The molecule has 6 nitrogen and oxygen atoms in total. The molecule has 1 amide bonds. The van der Waals surface area contributed by atoms with Gasteiger partial charge in [-0.3, -0.25) is 4.79 Å². The van der Waals surface area contributed by atoms with Gasteiger partial charge in [-0.1, -0.05) is 0 Å². The van der Waals surface area contributed by atoms with Gasteiger partial charge in [0.1, 0.15) is 11.5 Å². The largest absolute Gasteiger partial charge is 0.497 e. The van der Waals surface area contributed by atoms with Crippen molar-refractivity contribution < 1.29 is 14.3 Å². The van der Waals surface area contributed by atoms with E-state index in [0.29, 0.717) is 29.7 Å². The van der Waals surface area contributed by atoms with Crippen molar-refractivity contribution in [3.63, 3.8) is 0 Å². The number of nitrogens with zero attached hydrogens (tertiary/aromatic N) is 1. The van der Waals surface area contributed by atoms with Crippen LogP contribution in [-0.2, 0) is 4.79 Å². The van der Waals surface area contributed by atoms with Gasteiger partial charge in [0.15, 0.2) is 0 Å². The van der Waals surface area contributed by atoms with E-state index >= 15 is 0 Å². The van der Waals surface area contributed by atoms with Gasteiger partial charge >= 0.3 is 0 Å². The standard InChI is InChI=1S/C20H25N3O3.2ClH/c1-25-17-4-6-18(7-5-17)26-20-9-3-16(14-22-20)23-19(24)8-2-15-10-12-21-13-11-15;;/h3-7,9,14-15,21H,2,8,10-13H2,1H3,(H,23,24);2*1H. The molecule has 1 fully saturated rings. The quantitative estimate of drug-likeness (QED) is 0.682. The molecule has 0 saturated carbocycles. The third-order valence-electron chi connectivity index (χ3n) is 4.54. The van der Waals surface area contributed by atoms with Crippen LogP contribution in [0.15, 0.2) is 42.6 Å². The number of anilines is 1. The van der Waals surface area contributed by atoms with Crippen LogP contribution in [0.5, 0.6) is 17.4 Å². The molecule has 1 aliphatic rings. The fraction of sp³-hybridized carbons (Fsp3) is 0.400. The third-order valence-corrected chi connectivity index (χ3v) is 4.54. The smallest absolute Gasteiger partial charge is 0.224 e. The molecule has 2 N–H and O–H groups in total. The van der Waals surface area contributed by atoms with E-state index in [1.54, 1.807) is 25.4 Å². The Kier molecular flexibility index (Phi) is 10.7. The Morgan fingerprint density at radius 2 is 1.79 bits per heavy atom. The van der Waals surface area contributed by atoms with Crippen LogP contribution in [0.4, 0.5) is 5.69 Å². The highest BCUT2D eigenvalue weighted by Crippen LogP contribution is 2.23. The number of aromatic nitrogens is 1. The Balaban J connectivity index is 0.00000196. The summed E-state index contributed by atoms with van der Waals surface area (Å²) in [7, 11) is 1.62. The number of piperidine rings is 1. The summed E-state index contributed by atoms with van der Waals surface area (Å²) in [6.07, 6.45) is 5.42. The van der Waals surface area contributed by atoms with Gasteiger partial charge < -0.3 is 20.1 Å². The number of carbonyl (C=O) groups excluding carboxylic acids is 1. The van der Waals surface area contributed by atoms with Gasteiger partial charge in [0, 0.05) is 12.5 Å². The molecule has 1 aromatic heterocycles. The summed E-state index contributed by atoms with van der Waals surface area (Å²) in [6, 6.07) is 10.8. The lowest BCUT2D eigenvalue weighted by Gasteiger charge is -2.22. The lowest BCUT2D eigenvalue weighted by atomic mass is 9.93. The van der Waals surface area contributed by atoms with Gasteiger partial charge in [-0.05, 0) is 68.6 Å². The lowest BCUT2D eigenvalue weighted by Crippen LogP contribution is -2.28. The first kappa shape index (κ1) is 24.0. The van der Waals surface area contributed by atoms with E-state index in [1.165, 1.54) is 0 Å². The monoisotopic (exact) mass is 427 g/mol. The van der Waals surface area contributed by atoms with E-state index in [9.17, 15) is 4.79 Å². The first-order valence-corrected chi connectivity index (χ1v) is 9.01. The van der Waals surface area contributed by atoms with Gasteiger partial charge in [-0.15, -0.1) is 24.8 Å². The number of amides is 1. The second-order valence-corrected chi connectivity index (χ2v) is 6.44. The fourth-order valence-corrected chi connectivity index (χ4v) is 3.01. The predicted molar refractivity (Wildman–Crippen MR) is 115 cm³/mol. The topological polar surface area (TPSA) is 72.5 Å². The molecule has 0 bridgehead atoms. The van der Waals surface area contributed by atoms with E-state index < -0.39 is 0 Å². The second-order valence-electron chi connectivity index (χ2n) is 6.44. The molecule has 1 saturated heterocycles. The lowest BCUT2D eigenvalue weighted by molar-refractivity contribution is -0.116. The summed E-state index contributed by atoms with van der Waals surface area (Å²) in [5.74, 6) is 2.61. The highest BCUT2D eigenvalue weighted by Gasteiger charge is 2.14. The summed E-state index contributed by atoms with van der Waals surface area (Å²) in [6.45, 7) is 2.12. The molecule has 1 aliphatic heterocycles. The van der Waals surface area contributed by atoms with Crippen molar-refractivity contribution in [3.8, 4) is 17.4 Å². The molecule has 28 heavy (non-hydrogen) atoms. The van der Waals surface area contributed by atoms with Crippen molar-refractivity contribution in [2.75, 3.05) is 25.5 Å². The van der Waals surface area contributed by atoms with Crippen molar-refractivity contribution in [3.05, 3.63) is 42.6 Å². The molecular weight excluding hydrogens is 401 g/mol. The highest BCUT2D eigenvalue weighted by molar-refractivity contribution is 5.90. The molecule has 0 aliphatic carbocycles. The van der Waals surface area contributed by atoms with Crippen LogP contribution in [0.1, 0.15) is 25.7 Å². The van der Waals surface area contributed by atoms with Crippen LogP contribution >= 0.6 is 24.8 Å². The molecule has 0 unspecified atom stereocenters. The van der Waals surface area contributed by atoms with Crippen molar-refractivity contribution in [1.82, 2.24) is 10.3 Å². The van der Waals surface area contributed by atoms with E-state index in [0.717, 1.165) is 38.1 Å². The Bertz CT molecular complexity index is 706. The normalized spacial score (nSPS) is 13.6. The molecule has 0 radical (unpaired) electrons. The van der Waals surface area contributed by atoms with E-state index in [2.05, 4.69) is 15.6 Å². The van der Waals surface area contributed by atoms with Gasteiger partial charge in [-0.2, -0.15) is 0 Å². The number of nitrogens with one attached hydrogen (secondary N) is 2. The van der Waals surface area contributed by atoms with E-state index in [4.69, 9.17) is 9.47 Å². The first-order valence-electron chi connectivity index (χ1n) is 9.01. The number of rotatable bonds is 7. The SMILES string of the molecule is COc1ccc(Oc2ccc(NC(=O)CCC3CCNCC3)cn2)cc1.Cl.Cl. The average molecular weight is 428 g/mol. The molecule has 3 rings (SSSR count). The number of pyridine rings is 1. The average Bonchev–Trinajstić information content (AvgIpc) is 2.69. The van der Waals surface area contributed by atoms with Gasteiger partial charge in [-0.25, -0.2) is 4.98 Å². The minimum absolute atomic E-state index is 0. The van der Waals surface area contributed by atoms with Crippen LogP contribution in [0.2, 0.25) is 0 Å². The third kappa shape index (κ3) is 7.54. The molecule has 2 heterocycles. The summed E-state index contributed by atoms with van der Waals surface area (Å²) in [5.41, 5.74) is 0.683. The van der Waals surface area contributed by atoms with E-state index in [-0.39, 0.29) is 30.7 Å². The van der Waals surface area contributed by atoms with Crippen LogP contribution in [0.25, 0.3) is 0 Å². The van der Waals surface area contributed by atoms with Gasteiger partial charge in [0.05, 0.1) is 19.0 Å². The number of ether oxygens (including phenoxy) is 2. The van der Waals surface area contributed by atoms with Crippen LogP contribution in [0, 0.1) is 5.92 Å². The number of halogens is 2. The van der Waals surface area contributed by atoms with Crippen molar-refractivity contribution in [1.29, 1.82) is 0 Å². The molecule has 1 aromatic carbocycles. The number of hydrogen-bond acceptors (Lipinski definition) is 5. The second kappa shape index (κ2) is 12.4. The van der Waals surface area contributed by atoms with Crippen molar-refractivity contribution >= 4 is 36.4 Å². The molecule has 2 aromatic rings. The zero-order chi connectivity index (χ0) is 18.2. The maximum atomic E-state index is 12.1. The van der Waals surface area contributed by atoms with E-state index in [1.807, 2.05) is 24.3 Å². The Hall–Kier alpha value is -2.02. The minimum atomic E-state index is 0. The van der Waals surface area contributed by atoms with Gasteiger partial charge in [0.25, 0.3) is 0 Å². The molecule has 0 spiro atoms. The predicted octanol–water partition coefficient (Wildman–Crippen LogP) is 4.44. The maximum Gasteiger partial charge on any atom is 0.224 e. The maximum absolute atomic E-state index is 12.1. The van der Waals surface area contributed by atoms with Gasteiger partial charge in [0.2, 0.25) is 11.8 Å². The Labute approximate surface area is 178 Å². The summed E-state index contributed by atoms with van der Waals surface area (Å²) in [5, 5.41) is 6.24. The Morgan fingerprint density at radius 1 is 1.11 bits per heavy atom. The number of methoxy groups -OCH3 is 1. The summed E-state index contributed by atoms with van der Waals surface area (Å²) < 4.78 is 10.8. The highest BCUT2D eigenvalue weighted by atomic mass is 35.5. The van der Waals surface area contributed by atoms with Crippen molar-refractivity contribution in [2.24, 2.45) is 5.92 Å². The van der Waals surface area contributed by atoms with Crippen LogP contribution < -0.4 is 20.1 Å². The Morgan fingerprint density at radius 3 is 2.39 bits per heavy atom. The molecule has 0 atom stereocenters. The number of carbonyl (C=O) groups is 1. The summed E-state index contributed by atoms with van der Waals surface area (Å²) >= 11 is 0. The molecular formula is C20H27Cl2N3O3. The van der Waals surface area contributed by atoms with Crippen LogP contribution in [-0.4, -0.2) is 31.1 Å². The zero-order valence-corrected chi connectivity index (χ0v) is 17.5. The fourth-order valence-electron chi connectivity index (χ4n) is 3.01. The minimum Gasteiger partial charge on any atom is -0.497 e. The molecule has 154 valence electrons. The van der Waals surface area contributed by atoms with Crippen LogP contribution in [0.3, 0.4) is 0 Å². The number of benzene rings is 1. The number of hydrogen-bond donors (Lipinski definition) is 2. The van der Waals surface area contributed by atoms with Crippen molar-refractivity contribution in [2.45, 2.75) is 25.7 Å². The summed E-state index contributed by atoms with van der Waals surface area (Å²) in [4.78, 5) is 16.3.